The fourth-order valence-corrected chi connectivity index (χ4v) is 5.50. The van der Waals surface area contributed by atoms with E-state index in [1.807, 2.05) is 24.3 Å². The first kappa shape index (κ1) is 21.1. The van der Waals surface area contributed by atoms with Gasteiger partial charge in [-0.2, -0.15) is 0 Å². The molecule has 0 bridgehead atoms. The van der Waals surface area contributed by atoms with Crippen molar-refractivity contribution >= 4 is 28.8 Å². The lowest BCUT2D eigenvalue weighted by molar-refractivity contribution is -0.128. The van der Waals surface area contributed by atoms with Crippen LogP contribution in [0.2, 0.25) is 0 Å². The van der Waals surface area contributed by atoms with Gasteiger partial charge in [-0.25, -0.2) is 14.8 Å². The Morgan fingerprint density at radius 1 is 0.941 bits per heavy atom. The molecular formula is C25H29N7O2. The Hall–Kier alpha value is -3.46. The number of imide groups is 1. The molecule has 9 heteroatoms. The number of hydrogen-bond donors (Lipinski definition) is 1. The molecule has 2 fully saturated rings. The van der Waals surface area contributed by atoms with Gasteiger partial charge < -0.3 is 14.8 Å². The van der Waals surface area contributed by atoms with E-state index in [4.69, 9.17) is 0 Å². The highest BCUT2D eigenvalue weighted by Crippen LogP contribution is 2.34. The van der Waals surface area contributed by atoms with Crippen LogP contribution >= 0.6 is 0 Å². The third kappa shape index (κ3) is 3.69. The topological polar surface area (TPSA) is 88.7 Å². The minimum absolute atomic E-state index is 0.0441. The van der Waals surface area contributed by atoms with Gasteiger partial charge in [0, 0.05) is 68.1 Å². The van der Waals surface area contributed by atoms with E-state index in [0.29, 0.717) is 19.5 Å². The van der Waals surface area contributed by atoms with Crippen LogP contribution in [0.25, 0.3) is 10.9 Å². The average molecular weight is 460 g/mol. The maximum absolute atomic E-state index is 13.1. The molecule has 2 saturated heterocycles. The van der Waals surface area contributed by atoms with Crippen LogP contribution in [0.5, 0.6) is 0 Å². The van der Waals surface area contributed by atoms with E-state index < -0.39 is 0 Å². The number of carbonyl (C=O) groups excluding carboxylic acids is 2. The van der Waals surface area contributed by atoms with Crippen LogP contribution in [0.3, 0.4) is 0 Å². The van der Waals surface area contributed by atoms with E-state index in [-0.39, 0.29) is 18.0 Å². The van der Waals surface area contributed by atoms with Gasteiger partial charge in [0.05, 0.1) is 6.54 Å². The summed E-state index contributed by atoms with van der Waals surface area (Å²) < 4.78 is 0. The Bertz CT molecular complexity index is 1200. The van der Waals surface area contributed by atoms with Crippen molar-refractivity contribution < 1.29 is 9.59 Å². The van der Waals surface area contributed by atoms with Crippen LogP contribution in [0.4, 0.5) is 10.7 Å². The highest BCUT2D eigenvalue weighted by Gasteiger charge is 2.47. The summed E-state index contributed by atoms with van der Waals surface area (Å²) in [6, 6.07) is 9.48. The van der Waals surface area contributed by atoms with Gasteiger partial charge >= 0.3 is 6.03 Å². The summed E-state index contributed by atoms with van der Waals surface area (Å²) in [7, 11) is 0. The molecule has 0 radical (unpaired) electrons. The Labute approximate surface area is 198 Å². The van der Waals surface area contributed by atoms with Gasteiger partial charge in [-0.05, 0) is 37.1 Å². The van der Waals surface area contributed by atoms with Gasteiger partial charge in [0.1, 0.15) is 6.04 Å². The Morgan fingerprint density at radius 2 is 1.71 bits per heavy atom. The Morgan fingerprint density at radius 3 is 2.53 bits per heavy atom. The smallest absolute Gasteiger partial charge is 0.327 e. The second-order valence-electron chi connectivity index (χ2n) is 9.33. The maximum Gasteiger partial charge on any atom is 0.327 e. The molecule has 176 valence electrons. The molecule has 5 heterocycles. The predicted molar refractivity (Wildman–Crippen MR) is 128 cm³/mol. The van der Waals surface area contributed by atoms with Crippen molar-refractivity contribution in [1.29, 1.82) is 0 Å². The number of aromatic amines is 1. The van der Waals surface area contributed by atoms with E-state index in [1.54, 1.807) is 17.3 Å². The lowest BCUT2D eigenvalue weighted by Gasteiger charge is -2.34. The second kappa shape index (κ2) is 8.72. The van der Waals surface area contributed by atoms with Crippen molar-refractivity contribution in [3.63, 3.8) is 0 Å². The number of anilines is 1. The Kier molecular flexibility index (Phi) is 5.41. The second-order valence-corrected chi connectivity index (χ2v) is 9.33. The molecule has 9 nitrogen and oxygen atoms in total. The molecule has 34 heavy (non-hydrogen) atoms. The molecule has 3 aliphatic rings. The zero-order valence-corrected chi connectivity index (χ0v) is 19.2. The minimum atomic E-state index is -0.368. The molecule has 1 unspecified atom stereocenters. The number of nitrogens with zero attached hydrogens (tertiary/aromatic N) is 6. The van der Waals surface area contributed by atoms with Crippen molar-refractivity contribution in [2.75, 3.05) is 44.2 Å². The lowest BCUT2D eigenvalue weighted by atomic mass is 9.97. The van der Waals surface area contributed by atoms with Crippen LogP contribution in [0.1, 0.15) is 24.1 Å². The molecule has 1 N–H and O–H groups in total. The fourth-order valence-electron chi connectivity index (χ4n) is 5.50. The lowest BCUT2D eigenvalue weighted by Crippen LogP contribution is -2.47. The third-order valence-electron chi connectivity index (χ3n) is 7.35. The highest BCUT2D eigenvalue weighted by atomic mass is 16.2. The standard InChI is InChI=1S/C25H29N7O2/c33-23-22-16-19-18-6-1-2-7-20(18)28-21(19)17-32(22)25(34)31(23)11-4-3-10-29-12-14-30(15-13-29)24-26-8-5-9-27-24/h1-2,5-9,22,28H,3-4,10-17H2. The number of rotatable bonds is 6. The Balaban J connectivity index is 1.000. The summed E-state index contributed by atoms with van der Waals surface area (Å²) in [5.74, 6) is 0.751. The van der Waals surface area contributed by atoms with Gasteiger partial charge in [-0.1, -0.05) is 18.2 Å². The van der Waals surface area contributed by atoms with Crippen LogP contribution in [-0.2, 0) is 17.8 Å². The first-order valence-electron chi connectivity index (χ1n) is 12.1. The number of hydrogen-bond acceptors (Lipinski definition) is 6. The minimum Gasteiger partial charge on any atom is -0.357 e. The molecule has 0 spiro atoms. The molecule has 0 aliphatic carbocycles. The number of fused-ring (bicyclic) bond motifs is 4. The van der Waals surface area contributed by atoms with Crippen LogP contribution < -0.4 is 4.90 Å². The molecule has 6 rings (SSSR count). The van der Waals surface area contributed by atoms with Gasteiger partial charge in [-0.3, -0.25) is 14.6 Å². The summed E-state index contributed by atoms with van der Waals surface area (Å²) in [5, 5.41) is 1.16. The number of amides is 3. The SMILES string of the molecule is O=C1C2Cc3c([nH]c4ccccc34)CN2C(=O)N1CCCCN1CCN(c2ncccn2)CC1. The summed E-state index contributed by atoms with van der Waals surface area (Å²) in [4.78, 5) is 46.1. The zero-order chi connectivity index (χ0) is 23.1. The predicted octanol–water partition coefficient (Wildman–Crippen LogP) is 2.25. The van der Waals surface area contributed by atoms with Crippen molar-refractivity contribution in [2.24, 2.45) is 0 Å². The molecular weight excluding hydrogens is 430 g/mol. The molecule has 3 aromatic rings. The number of urea groups is 1. The van der Waals surface area contributed by atoms with Crippen LogP contribution in [-0.4, -0.2) is 86.9 Å². The van der Waals surface area contributed by atoms with Gasteiger partial charge in [-0.15, -0.1) is 0 Å². The molecule has 1 aromatic carbocycles. The highest BCUT2D eigenvalue weighted by molar-refractivity contribution is 6.05. The first-order valence-corrected chi connectivity index (χ1v) is 12.1. The molecule has 0 saturated carbocycles. The van der Waals surface area contributed by atoms with E-state index >= 15 is 0 Å². The molecule has 3 amide bonds. The van der Waals surface area contributed by atoms with Crippen LogP contribution in [0, 0.1) is 0 Å². The first-order chi connectivity index (χ1) is 16.7. The summed E-state index contributed by atoms with van der Waals surface area (Å²) in [5.41, 5.74) is 3.31. The maximum atomic E-state index is 13.1. The van der Waals surface area contributed by atoms with E-state index in [0.717, 1.165) is 68.1 Å². The number of nitrogens with one attached hydrogen (secondary N) is 1. The average Bonchev–Trinajstić information content (AvgIpc) is 3.36. The third-order valence-corrected chi connectivity index (χ3v) is 7.35. The van der Waals surface area contributed by atoms with E-state index in [9.17, 15) is 9.59 Å². The quantitative estimate of drug-likeness (QED) is 0.449. The van der Waals surface area contributed by atoms with Gasteiger partial charge in [0.2, 0.25) is 5.95 Å². The fraction of sp³-hybridized carbons (Fsp3) is 0.440. The van der Waals surface area contributed by atoms with Gasteiger partial charge in [0.25, 0.3) is 5.91 Å². The van der Waals surface area contributed by atoms with E-state index in [1.165, 1.54) is 10.5 Å². The molecule has 2 aromatic heterocycles. The van der Waals surface area contributed by atoms with Crippen molar-refractivity contribution in [3.05, 3.63) is 54.0 Å². The number of benzene rings is 1. The van der Waals surface area contributed by atoms with Crippen LogP contribution in [0.15, 0.2) is 42.7 Å². The largest absolute Gasteiger partial charge is 0.357 e. The number of carbonyl (C=O) groups is 2. The molecule has 3 aliphatic heterocycles. The normalized spacial score (nSPS) is 20.8. The van der Waals surface area contributed by atoms with E-state index in [2.05, 4.69) is 30.8 Å². The van der Waals surface area contributed by atoms with Crippen molar-refractivity contribution in [2.45, 2.75) is 31.8 Å². The summed E-state index contributed by atoms with van der Waals surface area (Å²) in [6.07, 6.45) is 5.94. The summed E-state index contributed by atoms with van der Waals surface area (Å²) in [6.45, 7) is 5.73. The number of piperazine rings is 1. The van der Waals surface area contributed by atoms with Crippen molar-refractivity contribution in [3.8, 4) is 0 Å². The zero-order valence-electron chi connectivity index (χ0n) is 19.2. The number of H-pyrrole nitrogens is 1. The monoisotopic (exact) mass is 459 g/mol. The summed E-state index contributed by atoms with van der Waals surface area (Å²) >= 11 is 0. The number of aromatic nitrogens is 3. The molecule has 1 atom stereocenters. The number of para-hydroxylation sites is 1. The number of unbranched alkanes of at least 4 members (excludes halogenated alkanes) is 1. The van der Waals surface area contributed by atoms with Crippen molar-refractivity contribution in [1.82, 2.24) is 29.7 Å². The van der Waals surface area contributed by atoms with Gasteiger partial charge in [0.15, 0.2) is 0 Å².